The van der Waals surface area contributed by atoms with Crippen LogP contribution < -0.4 is 10.1 Å². The van der Waals surface area contributed by atoms with Crippen LogP contribution >= 0.6 is 0 Å². The normalized spacial score (nSPS) is 13.2. The van der Waals surface area contributed by atoms with Crippen LogP contribution in [0.5, 0.6) is 5.75 Å². The lowest BCUT2D eigenvalue weighted by Gasteiger charge is -2.21. The van der Waals surface area contributed by atoms with E-state index in [2.05, 4.69) is 43.1 Å². The summed E-state index contributed by atoms with van der Waals surface area (Å²) in [7, 11) is 1.46. The summed E-state index contributed by atoms with van der Waals surface area (Å²) in [6.45, 7) is 12.6. The molecule has 6 nitrogen and oxygen atoms in total. The Kier molecular flexibility index (Phi) is 15.2. The first-order valence-electron chi connectivity index (χ1n) is 14.1. The summed E-state index contributed by atoms with van der Waals surface area (Å²) in [6, 6.07) is 6.99. The highest BCUT2D eigenvalue weighted by molar-refractivity contribution is 6.05. The van der Waals surface area contributed by atoms with Crippen molar-refractivity contribution in [2.45, 2.75) is 105 Å². The van der Waals surface area contributed by atoms with Crippen LogP contribution in [-0.4, -0.2) is 27.8 Å². The number of carbonyl (C=O) groups excluding carboxylic acids is 1. The van der Waals surface area contributed by atoms with E-state index in [4.69, 9.17) is 4.74 Å². The number of alkyl halides is 3. The number of fused-ring (bicyclic) bond motifs is 1. The number of aromatic nitrogens is 3. The van der Waals surface area contributed by atoms with Gasteiger partial charge in [0, 0.05) is 17.6 Å². The van der Waals surface area contributed by atoms with Gasteiger partial charge in [0.25, 0.3) is 5.91 Å². The fourth-order valence-corrected chi connectivity index (χ4v) is 3.78. The molecule has 0 radical (unpaired) electrons. The Balaban J connectivity index is 0.000000748. The van der Waals surface area contributed by atoms with E-state index in [0.29, 0.717) is 17.5 Å². The number of pyridine rings is 1. The van der Waals surface area contributed by atoms with Crippen molar-refractivity contribution < 1.29 is 22.7 Å². The maximum absolute atomic E-state index is 12.9. The molecule has 0 unspecified atom stereocenters. The maximum atomic E-state index is 12.9. The number of carbonyl (C=O) groups is 1. The molecule has 1 amide bonds. The maximum Gasteiger partial charge on any atom is 0.433 e. The molecule has 0 saturated heterocycles. The van der Waals surface area contributed by atoms with Crippen LogP contribution in [0.3, 0.4) is 0 Å². The topological polar surface area (TPSA) is 69.0 Å². The summed E-state index contributed by atoms with van der Waals surface area (Å²) in [6.07, 6.45) is 6.95. The van der Waals surface area contributed by atoms with Gasteiger partial charge in [0.2, 0.25) is 0 Å². The zero-order chi connectivity index (χ0) is 29.4. The van der Waals surface area contributed by atoms with Crippen LogP contribution in [0.15, 0.2) is 36.5 Å². The lowest BCUT2D eigenvalue weighted by atomic mass is 9.96. The van der Waals surface area contributed by atoms with E-state index in [-0.39, 0.29) is 5.69 Å². The third kappa shape index (κ3) is 10.5. The smallest absolute Gasteiger partial charge is 0.433 e. The van der Waals surface area contributed by atoms with Gasteiger partial charge in [0.05, 0.1) is 24.4 Å². The van der Waals surface area contributed by atoms with E-state index >= 15 is 0 Å². The van der Waals surface area contributed by atoms with Crippen molar-refractivity contribution in [2.75, 3.05) is 12.4 Å². The van der Waals surface area contributed by atoms with Gasteiger partial charge in [-0.1, -0.05) is 86.1 Å². The van der Waals surface area contributed by atoms with E-state index in [0.717, 1.165) is 35.9 Å². The lowest BCUT2D eigenvalue weighted by Crippen LogP contribution is -2.17. The molecule has 39 heavy (non-hydrogen) atoms. The van der Waals surface area contributed by atoms with Gasteiger partial charge in [0.15, 0.2) is 0 Å². The molecule has 3 aromatic rings. The Hall–Kier alpha value is -3.10. The molecule has 0 atom stereocenters. The Morgan fingerprint density at radius 1 is 1.05 bits per heavy atom. The van der Waals surface area contributed by atoms with Gasteiger partial charge in [-0.05, 0) is 31.0 Å². The number of anilines is 1. The number of benzene rings is 1. The van der Waals surface area contributed by atoms with Crippen LogP contribution in [-0.2, 0) is 6.18 Å². The molecule has 1 aliphatic carbocycles. The number of nitrogens with zero attached hydrogens (tertiary/aromatic N) is 3. The van der Waals surface area contributed by atoms with E-state index < -0.39 is 17.8 Å². The Morgan fingerprint density at radius 2 is 1.67 bits per heavy atom. The lowest BCUT2D eigenvalue weighted by molar-refractivity contribution is -0.141. The fraction of sp³-hybridized carbons (Fsp3) is 0.567. The third-order valence-corrected chi connectivity index (χ3v) is 5.81. The summed E-state index contributed by atoms with van der Waals surface area (Å²) in [5, 5.41) is 8.07. The zero-order valence-electron chi connectivity index (χ0n) is 24.5. The fourth-order valence-electron chi connectivity index (χ4n) is 3.78. The molecule has 0 aliphatic heterocycles. The first kappa shape index (κ1) is 33.9. The third-order valence-electron chi connectivity index (χ3n) is 5.81. The molecule has 9 heteroatoms. The van der Waals surface area contributed by atoms with Gasteiger partial charge in [0.1, 0.15) is 17.1 Å². The highest BCUT2D eigenvalue weighted by Gasteiger charge is 2.33. The summed E-state index contributed by atoms with van der Waals surface area (Å²) < 4.78 is 46.0. The van der Waals surface area contributed by atoms with E-state index in [1.54, 1.807) is 12.1 Å². The quantitative estimate of drug-likeness (QED) is 0.343. The molecule has 1 aromatic carbocycles. The van der Waals surface area contributed by atoms with E-state index in [9.17, 15) is 18.0 Å². The Bertz CT molecular complexity index is 1120. The first-order chi connectivity index (χ1) is 18.7. The second-order valence-electron chi connectivity index (χ2n) is 9.08. The van der Waals surface area contributed by atoms with E-state index in [1.165, 1.54) is 51.7 Å². The molecular weight excluding hydrogens is 505 g/mol. The van der Waals surface area contributed by atoms with Crippen LogP contribution in [0.25, 0.3) is 10.9 Å². The summed E-state index contributed by atoms with van der Waals surface area (Å²) in [5.41, 5.74) is -0.374. The minimum atomic E-state index is -4.62. The Labute approximate surface area is 231 Å². The van der Waals surface area contributed by atoms with Crippen molar-refractivity contribution in [3.05, 3.63) is 47.9 Å². The standard InChI is InChI=1S/C21H21F3N4O2.C4H10.C3H8.C2H6/c1-30-18-11-16-13(12-28(27-16)14-6-3-2-4-7-14)10-17(18)26-20(29)15-8-5-9-19(25-15)21(22,23)24;1-3-4-2;1-3-2;1-2/h5,8-12,14H,2-4,6-7H2,1H3,(H,26,29);3-4H2,1-2H3;3H2,1-2H3;1-2H3. The van der Waals surface area contributed by atoms with Gasteiger partial charge in [-0.15, -0.1) is 0 Å². The molecule has 0 spiro atoms. The number of ether oxygens (including phenoxy) is 1. The highest BCUT2D eigenvalue weighted by Crippen LogP contribution is 2.33. The summed E-state index contributed by atoms with van der Waals surface area (Å²) in [5.74, 6) is -0.379. The predicted octanol–water partition coefficient (Wildman–Crippen LogP) is 9.47. The number of hydrogen-bond donors (Lipinski definition) is 1. The number of hydrogen-bond acceptors (Lipinski definition) is 4. The van der Waals surface area contributed by atoms with Crippen molar-refractivity contribution >= 4 is 22.5 Å². The molecule has 1 aliphatic rings. The van der Waals surface area contributed by atoms with Gasteiger partial charge in [-0.25, -0.2) is 4.98 Å². The molecule has 1 fully saturated rings. The summed E-state index contributed by atoms with van der Waals surface area (Å²) >= 11 is 0. The predicted molar refractivity (Wildman–Crippen MR) is 153 cm³/mol. The number of nitrogens with one attached hydrogen (secondary N) is 1. The second-order valence-corrected chi connectivity index (χ2v) is 9.08. The van der Waals surface area contributed by atoms with Gasteiger partial charge in [-0.3, -0.25) is 9.48 Å². The number of methoxy groups -OCH3 is 1. The number of rotatable bonds is 5. The molecule has 218 valence electrons. The molecule has 0 bridgehead atoms. The highest BCUT2D eigenvalue weighted by atomic mass is 19.4. The molecule has 1 N–H and O–H groups in total. The number of unbranched alkanes of at least 4 members (excludes halogenated alkanes) is 1. The van der Waals surface area contributed by atoms with Gasteiger partial charge in [-0.2, -0.15) is 18.3 Å². The molecule has 4 rings (SSSR count). The molecular formula is C30H45F3N4O2. The van der Waals surface area contributed by atoms with Crippen molar-refractivity contribution in [3.63, 3.8) is 0 Å². The number of amides is 1. The van der Waals surface area contributed by atoms with Gasteiger partial charge < -0.3 is 10.1 Å². The largest absolute Gasteiger partial charge is 0.494 e. The average Bonchev–Trinajstić information content (AvgIpc) is 3.37. The zero-order valence-corrected chi connectivity index (χ0v) is 24.5. The van der Waals surface area contributed by atoms with Crippen LogP contribution in [0.1, 0.15) is 115 Å². The van der Waals surface area contributed by atoms with Crippen molar-refractivity contribution in [1.29, 1.82) is 0 Å². The minimum Gasteiger partial charge on any atom is -0.494 e. The van der Waals surface area contributed by atoms with Crippen molar-refractivity contribution in [3.8, 4) is 5.75 Å². The second kappa shape index (κ2) is 17.5. The Morgan fingerprint density at radius 3 is 2.21 bits per heavy atom. The van der Waals surface area contributed by atoms with Crippen molar-refractivity contribution in [2.24, 2.45) is 0 Å². The number of halogens is 3. The summed E-state index contributed by atoms with van der Waals surface area (Å²) in [4.78, 5) is 16.0. The van der Waals surface area contributed by atoms with E-state index in [1.807, 2.05) is 24.7 Å². The monoisotopic (exact) mass is 550 g/mol. The van der Waals surface area contributed by atoms with Gasteiger partial charge >= 0.3 is 6.18 Å². The van der Waals surface area contributed by atoms with Crippen LogP contribution in [0.2, 0.25) is 0 Å². The SMILES string of the molecule is CC.CCC.CCCC.COc1cc2nn(C3CCCCC3)cc2cc1NC(=O)c1cccc(C(F)(F)F)n1. The molecule has 2 heterocycles. The molecule has 1 saturated carbocycles. The van der Waals surface area contributed by atoms with Crippen molar-refractivity contribution in [1.82, 2.24) is 14.8 Å². The minimum absolute atomic E-state index is 0.329. The first-order valence-corrected chi connectivity index (χ1v) is 14.1. The van der Waals surface area contributed by atoms with Crippen LogP contribution in [0, 0.1) is 0 Å². The molecule has 2 aromatic heterocycles. The van der Waals surface area contributed by atoms with Crippen LogP contribution in [0.4, 0.5) is 18.9 Å². The average molecular weight is 551 g/mol.